The predicted octanol–water partition coefficient (Wildman–Crippen LogP) is 3.81. The van der Waals surface area contributed by atoms with Gasteiger partial charge in [-0.1, -0.05) is 6.07 Å². The van der Waals surface area contributed by atoms with E-state index in [1.165, 1.54) is 5.56 Å². The minimum Gasteiger partial charge on any atom is -0.141 e. The molecule has 0 aromatic heterocycles. The summed E-state index contributed by atoms with van der Waals surface area (Å²) in [6.45, 7) is 2.04. The molecule has 0 radical (unpaired) electrons. The largest absolute Gasteiger partial charge is 0.141 e. The summed E-state index contributed by atoms with van der Waals surface area (Å²) in [5.74, 6) is 0. The van der Waals surface area contributed by atoms with Crippen molar-refractivity contribution in [3.8, 4) is 0 Å². The van der Waals surface area contributed by atoms with Crippen LogP contribution >= 0.6 is 44.5 Å². The summed E-state index contributed by atoms with van der Waals surface area (Å²) in [6.07, 6.45) is 0. The van der Waals surface area contributed by atoms with Gasteiger partial charge in [-0.25, -0.2) is 0 Å². The predicted molar refractivity (Wildman–Crippen MR) is 53.8 cm³/mol. The number of benzene rings is 1. The van der Waals surface area contributed by atoms with Gasteiger partial charge < -0.3 is 0 Å². The van der Waals surface area contributed by atoms with Crippen LogP contribution in [0.1, 0.15) is 5.56 Å². The molecule has 0 nitrogen and oxygen atoms in total. The quantitative estimate of drug-likeness (QED) is 0.687. The molecule has 0 atom stereocenters. The maximum Gasteiger partial charge on any atom is 0.0349 e. The molecule has 3 heteroatoms. The van der Waals surface area contributed by atoms with Gasteiger partial charge in [0, 0.05) is 13.8 Å². The molecule has 1 aromatic carbocycles. The summed E-state index contributed by atoms with van der Waals surface area (Å²) in [4.78, 5) is 0.958. The highest BCUT2D eigenvalue weighted by Gasteiger charge is 2.01. The van der Waals surface area contributed by atoms with Gasteiger partial charge in [-0.2, -0.15) is 0 Å². The smallest absolute Gasteiger partial charge is 0.0349 e. The van der Waals surface area contributed by atoms with Gasteiger partial charge in [0.1, 0.15) is 0 Å². The van der Waals surface area contributed by atoms with Gasteiger partial charge in [-0.3, -0.25) is 0 Å². The van der Waals surface area contributed by atoms with E-state index in [0.29, 0.717) is 0 Å². The number of aryl methyl sites for hydroxylation is 1. The lowest BCUT2D eigenvalue weighted by Crippen LogP contribution is -1.78. The van der Waals surface area contributed by atoms with E-state index >= 15 is 0 Å². The average Bonchev–Trinajstić information content (AvgIpc) is 1.93. The fraction of sp³-hybridized carbons (Fsp3) is 0.143. The van der Waals surface area contributed by atoms with Crippen molar-refractivity contribution in [1.29, 1.82) is 0 Å². The van der Waals surface area contributed by atoms with E-state index in [-0.39, 0.29) is 0 Å². The monoisotopic (exact) mass is 280 g/mol. The molecule has 54 valence electrons. The van der Waals surface area contributed by atoms with E-state index in [1.807, 2.05) is 19.1 Å². The molecule has 0 saturated carbocycles. The molecule has 0 spiro atoms. The molecule has 0 saturated heterocycles. The van der Waals surface area contributed by atoms with Gasteiger partial charge in [0.05, 0.1) is 0 Å². The zero-order valence-electron chi connectivity index (χ0n) is 5.36. The van der Waals surface area contributed by atoms with Crippen molar-refractivity contribution < 1.29 is 0 Å². The molecule has 1 rings (SSSR count). The summed E-state index contributed by atoms with van der Waals surface area (Å²) < 4.78 is 2.08. The van der Waals surface area contributed by atoms with Crippen LogP contribution in [0.3, 0.4) is 0 Å². The molecule has 10 heavy (non-hydrogen) atoms. The van der Waals surface area contributed by atoms with Gasteiger partial charge >= 0.3 is 0 Å². The van der Waals surface area contributed by atoms with Crippen molar-refractivity contribution in [2.75, 3.05) is 0 Å². The number of hydrogen-bond acceptors (Lipinski definition) is 1. The molecular formula is C7H6Br2S. The van der Waals surface area contributed by atoms with Gasteiger partial charge in [0.25, 0.3) is 0 Å². The van der Waals surface area contributed by atoms with Crippen LogP contribution in [0.4, 0.5) is 0 Å². The molecule has 0 bridgehead atoms. The highest BCUT2D eigenvalue weighted by molar-refractivity contribution is 9.11. The summed E-state index contributed by atoms with van der Waals surface area (Å²) in [5.41, 5.74) is 1.20. The Kier molecular flexibility index (Phi) is 2.83. The molecule has 1 aromatic rings. The van der Waals surface area contributed by atoms with Crippen LogP contribution in [0.2, 0.25) is 0 Å². The number of hydrogen-bond donors (Lipinski definition) is 1. The Morgan fingerprint density at radius 1 is 1.30 bits per heavy atom. The lowest BCUT2D eigenvalue weighted by Gasteiger charge is -2.02. The fourth-order valence-corrected chi connectivity index (χ4v) is 1.83. The van der Waals surface area contributed by atoms with E-state index in [2.05, 4.69) is 44.5 Å². The van der Waals surface area contributed by atoms with Crippen LogP contribution < -0.4 is 0 Å². The van der Waals surface area contributed by atoms with Crippen molar-refractivity contribution in [1.82, 2.24) is 0 Å². The Morgan fingerprint density at radius 2 is 1.90 bits per heavy atom. The van der Waals surface area contributed by atoms with E-state index < -0.39 is 0 Å². The van der Waals surface area contributed by atoms with Gasteiger partial charge in [-0.15, -0.1) is 12.6 Å². The van der Waals surface area contributed by atoms with E-state index in [1.54, 1.807) is 0 Å². The Hall–Kier alpha value is 0.530. The molecule has 0 aliphatic rings. The second kappa shape index (κ2) is 3.28. The topological polar surface area (TPSA) is 0 Å². The molecule has 0 unspecified atom stereocenters. The van der Waals surface area contributed by atoms with Crippen molar-refractivity contribution in [3.63, 3.8) is 0 Å². The fourth-order valence-electron chi connectivity index (χ4n) is 0.642. The first-order valence-corrected chi connectivity index (χ1v) is 4.80. The zero-order chi connectivity index (χ0) is 7.72. The summed E-state index contributed by atoms with van der Waals surface area (Å²) in [6, 6.07) is 4.02. The third kappa shape index (κ3) is 1.57. The maximum atomic E-state index is 4.29. The number of rotatable bonds is 0. The van der Waals surface area contributed by atoms with Crippen LogP contribution in [0.15, 0.2) is 26.0 Å². The standard InChI is InChI=1S/C7H6Br2S/c1-4-2-3-5(8)7(10)6(4)9/h2-3,10H,1H3. The van der Waals surface area contributed by atoms with Crippen LogP contribution in [-0.2, 0) is 0 Å². The van der Waals surface area contributed by atoms with E-state index in [0.717, 1.165) is 13.8 Å². The summed E-state index contributed by atoms with van der Waals surface area (Å²) >= 11 is 11.1. The highest BCUT2D eigenvalue weighted by atomic mass is 79.9. The van der Waals surface area contributed by atoms with Crippen LogP contribution in [0.5, 0.6) is 0 Å². The second-order valence-corrected chi connectivity index (χ2v) is 4.12. The lowest BCUT2D eigenvalue weighted by atomic mass is 10.2. The lowest BCUT2D eigenvalue weighted by molar-refractivity contribution is 1.29. The number of thiol groups is 1. The summed E-state index contributed by atoms with van der Waals surface area (Å²) in [5, 5.41) is 0. The zero-order valence-corrected chi connectivity index (χ0v) is 9.42. The average molecular weight is 282 g/mol. The van der Waals surface area contributed by atoms with Crippen molar-refractivity contribution in [2.24, 2.45) is 0 Å². The van der Waals surface area contributed by atoms with Gasteiger partial charge in [0.15, 0.2) is 0 Å². The van der Waals surface area contributed by atoms with Crippen molar-refractivity contribution in [3.05, 3.63) is 26.6 Å². The highest BCUT2D eigenvalue weighted by Crippen LogP contribution is 2.30. The van der Waals surface area contributed by atoms with E-state index in [4.69, 9.17) is 0 Å². The molecule has 0 heterocycles. The first kappa shape index (κ1) is 8.62. The second-order valence-electron chi connectivity index (χ2n) is 2.03. The Morgan fingerprint density at radius 3 is 2.40 bits per heavy atom. The van der Waals surface area contributed by atoms with E-state index in [9.17, 15) is 0 Å². The first-order valence-electron chi connectivity index (χ1n) is 2.76. The third-order valence-corrected chi connectivity index (χ3v) is 4.02. The molecule has 0 fully saturated rings. The van der Waals surface area contributed by atoms with Crippen LogP contribution in [-0.4, -0.2) is 0 Å². The molecule has 0 amide bonds. The van der Waals surface area contributed by atoms with Crippen molar-refractivity contribution in [2.45, 2.75) is 11.8 Å². The normalized spacial score (nSPS) is 10.0. The molecule has 0 aliphatic carbocycles. The molecular weight excluding hydrogens is 276 g/mol. The Bertz CT molecular complexity index is 231. The van der Waals surface area contributed by atoms with Gasteiger partial charge in [-0.05, 0) is 50.4 Å². The SMILES string of the molecule is Cc1ccc(Br)c(S)c1Br. The third-order valence-electron chi connectivity index (χ3n) is 1.26. The maximum absolute atomic E-state index is 4.29. The Labute approximate surface area is 82.7 Å². The van der Waals surface area contributed by atoms with Crippen LogP contribution in [0, 0.1) is 6.92 Å². The minimum absolute atomic E-state index is 0.958. The van der Waals surface area contributed by atoms with Crippen LogP contribution in [0.25, 0.3) is 0 Å². The first-order chi connectivity index (χ1) is 4.63. The molecule has 0 N–H and O–H groups in total. The Balaban J connectivity index is 3.34. The number of halogens is 2. The minimum atomic E-state index is 0.958. The molecule has 0 aliphatic heterocycles. The van der Waals surface area contributed by atoms with Gasteiger partial charge in [0.2, 0.25) is 0 Å². The van der Waals surface area contributed by atoms with Crippen molar-refractivity contribution >= 4 is 44.5 Å². The summed E-state index contributed by atoms with van der Waals surface area (Å²) in [7, 11) is 0.